The molecule has 1 aliphatic rings. The predicted molar refractivity (Wildman–Crippen MR) is 131 cm³/mol. The number of hydrogen-bond acceptors (Lipinski definition) is 5. The van der Waals surface area contributed by atoms with Crippen molar-refractivity contribution in [3.63, 3.8) is 0 Å². The number of benzene rings is 2. The molecule has 0 radical (unpaired) electrons. The van der Waals surface area contributed by atoms with E-state index >= 15 is 0 Å². The fourth-order valence-corrected chi connectivity index (χ4v) is 4.96. The average Bonchev–Trinajstić information content (AvgIpc) is 3.48. The average molecular weight is 494 g/mol. The Labute approximate surface area is 204 Å². The maximum absolute atomic E-state index is 12.9. The van der Waals surface area contributed by atoms with Gasteiger partial charge in [-0.05, 0) is 48.4 Å². The highest BCUT2D eigenvalue weighted by molar-refractivity contribution is 7.20. The van der Waals surface area contributed by atoms with Crippen LogP contribution in [0.5, 0.6) is 0 Å². The molecule has 0 unspecified atom stereocenters. The number of nitrogens with one attached hydrogen (secondary N) is 2. The van der Waals surface area contributed by atoms with Gasteiger partial charge in [0.1, 0.15) is 4.83 Å². The van der Waals surface area contributed by atoms with Crippen molar-refractivity contribution >= 4 is 56.7 Å². The molecular formula is C24H20ClN5O3S. The molecule has 4 aromatic rings. The normalized spacial score (nSPS) is 13.5. The van der Waals surface area contributed by atoms with E-state index in [9.17, 15) is 14.4 Å². The first-order valence-electron chi connectivity index (χ1n) is 10.6. The molecule has 2 N–H and O–H groups in total. The Morgan fingerprint density at radius 3 is 2.44 bits per heavy atom. The van der Waals surface area contributed by atoms with Crippen LogP contribution in [0.3, 0.4) is 0 Å². The van der Waals surface area contributed by atoms with E-state index in [2.05, 4.69) is 15.7 Å². The first-order chi connectivity index (χ1) is 16.4. The fourth-order valence-electron chi connectivity index (χ4n) is 3.78. The van der Waals surface area contributed by atoms with Crippen molar-refractivity contribution in [2.75, 3.05) is 11.9 Å². The SMILES string of the molecule is Cc1nn(Cc2ccc(Cl)cc2)c2sc(C(=O)Nc3ccc(CN4C(=O)CNC4=O)cc3)cc12. The van der Waals surface area contributed by atoms with Gasteiger partial charge in [-0.2, -0.15) is 5.10 Å². The molecule has 0 bridgehead atoms. The van der Waals surface area contributed by atoms with E-state index < -0.39 is 6.03 Å². The number of aryl methyl sites for hydroxylation is 1. The third-order valence-electron chi connectivity index (χ3n) is 5.57. The molecule has 2 aromatic carbocycles. The second-order valence-corrected chi connectivity index (χ2v) is 9.46. The summed E-state index contributed by atoms with van der Waals surface area (Å²) in [5, 5.41) is 11.7. The Balaban J connectivity index is 1.29. The number of thiophene rings is 1. The van der Waals surface area contributed by atoms with Gasteiger partial charge in [0.2, 0.25) is 5.91 Å². The number of fused-ring (bicyclic) bond motifs is 1. The molecule has 0 saturated carbocycles. The molecule has 172 valence electrons. The lowest BCUT2D eigenvalue weighted by molar-refractivity contribution is -0.125. The van der Waals surface area contributed by atoms with Crippen LogP contribution in [-0.4, -0.2) is 39.1 Å². The van der Waals surface area contributed by atoms with Gasteiger partial charge in [0.25, 0.3) is 5.91 Å². The Bertz CT molecular complexity index is 1390. The maximum atomic E-state index is 12.9. The minimum absolute atomic E-state index is 0.0269. The first-order valence-corrected chi connectivity index (χ1v) is 11.8. The summed E-state index contributed by atoms with van der Waals surface area (Å²) in [5.41, 5.74) is 3.36. The highest BCUT2D eigenvalue weighted by atomic mass is 35.5. The van der Waals surface area contributed by atoms with E-state index in [1.807, 2.05) is 41.9 Å². The lowest BCUT2D eigenvalue weighted by Gasteiger charge is -2.12. The molecule has 0 spiro atoms. The molecule has 34 heavy (non-hydrogen) atoms. The number of carbonyl (C=O) groups excluding carboxylic acids is 3. The summed E-state index contributed by atoms with van der Waals surface area (Å²) in [7, 11) is 0. The Morgan fingerprint density at radius 1 is 1.09 bits per heavy atom. The first kappa shape index (κ1) is 22.1. The lowest BCUT2D eigenvalue weighted by Crippen LogP contribution is -2.30. The molecule has 3 heterocycles. The molecule has 1 fully saturated rings. The van der Waals surface area contributed by atoms with Crippen LogP contribution in [0.1, 0.15) is 26.5 Å². The van der Waals surface area contributed by atoms with Crippen molar-refractivity contribution in [1.29, 1.82) is 0 Å². The minimum atomic E-state index is -0.392. The van der Waals surface area contributed by atoms with Crippen LogP contribution in [0.2, 0.25) is 5.02 Å². The molecule has 0 aliphatic carbocycles. The van der Waals surface area contributed by atoms with Crippen LogP contribution in [0.25, 0.3) is 10.2 Å². The Morgan fingerprint density at radius 2 is 1.76 bits per heavy atom. The second-order valence-electron chi connectivity index (χ2n) is 7.99. The predicted octanol–water partition coefficient (Wildman–Crippen LogP) is 4.41. The number of hydrogen-bond donors (Lipinski definition) is 2. The number of halogens is 1. The van der Waals surface area contributed by atoms with Crippen molar-refractivity contribution in [1.82, 2.24) is 20.0 Å². The van der Waals surface area contributed by atoms with Gasteiger partial charge in [-0.15, -0.1) is 11.3 Å². The molecule has 2 aromatic heterocycles. The third-order valence-corrected chi connectivity index (χ3v) is 6.97. The number of amides is 4. The van der Waals surface area contributed by atoms with Gasteiger partial charge in [0, 0.05) is 16.1 Å². The second kappa shape index (κ2) is 8.92. The zero-order valence-electron chi connectivity index (χ0n) is 18.2. The van der Waals surface area contributed by atoms with E-state index in [1.165, 1.54) is 16.2 Å². The summed E-state index contributed by atoms with van der Waals surface area (Å²) in [6, 6.07) is 16.2. The number of anilines is 1. The van der Waals surface area contributed by atoms with Crippen LogP contribution in [0.15, 0.2) is 54.6 Å². The zero-order valence-corrected chi connectivity index (χ0v) is 19.7. The van der Waals surface area contributed by atoms with Crippen molar-refractivity contribution in [3.05, 3.63) is 81.3 Å². The molecule has 4 amide bonds. The smallest absolute Gasteiger partial charge is 0.324 e. The summed E-state index contributed by atoms with van der Waals surface area (Å²) in [6.07, 6.45) is 0. The number of aromatic nitrogens is 2. The maximum Gasteiger partial charge on any atom is 0.324 e. The van der Waals surface area contributed by atoms with E-state index in [-0.39, 0.29) is 24.9 Å². The van der Waals surface area contributed by atoms with Crippen LogP contribution in [0, 0.1) is 6.92 Å². The summed E-state index contributed by atoms with van der Waals surface area (Å²) in [4.78, 5) is 39.0. The van der Waals surface area contributed by atoms with Gasteiger partial charge in [-0.25, -0.2) is 4.79 Å². The van der Waals surface area contributed by atoms with Gasteiger partial charge in [-0.3, -0.25) is 19.2 Å². The standard InChI is InChI=1S/C24H20ClN5O3S/c1-14-19-10-20(34-23(19)30(28-14)13-16-2-6-17(25)7-3-16)22(32)27-18-8-4-15(5-9-18)12-29-21(31)11-26-24(29)33/h2-10H,11-13H2,1H3,(H,26,33)(H,27,32). The summed E-state index contributed by atoms with van der Waals surface area (Å²) in [6.45, 7) is 2.74. The summed E-state index contributed by atoms with van der Waals surface area (Å²) in [5.74, 6) is -0.461. The van der Waals surface area contributed by atoms with E-state index in [1.54, 1.807) is 24.3 Å². The Kier molecular flexibility index (Phi) is 5.80. The van der Waals surface area contributed by atoms with Crippen LogP contribution in [-0.2, 0) is 17.9 Å². The molecule has 1 aliphatic heterocycles. The van der Waals surface area contributed by atoms with E-state index in [4.69, 9.17) is 11.6 Å². The summed E-state index contributed by atoms with van der Waals surface area (Å²) < 4.78 is 1.90. The fraction of sp³-hybridized carbons (Fsp3) is 0.167. The van der Waals surface area contributed by atoms with E-state index in [0.29, 0.717) is 22.1 Å². The van der Waals surface area contributed by atoms with Crippen molar-refractivity contribution < 1.29 is 14.4 Å². The van der Waals surface area contributed by atoms with Gasteiger partial charge in [0.05, 0.1) is 30.2 Å². The van der Waals surface area contributed by atoms with Gasteiger partial charge < -0.3 is 10.6 Å². The highest BCUT2D eigenvalue weighted by Gasteiger charge is 2.28. The third kappa shape index (κ3) is 4.40. The zero-order chi connectivity index (χ0) is 23.8. The molecule has 5 rings (SSSR count). The van der Waals surface area contributed by atoms with Crippen molar-refractivity contribution in [2.45, 2.75) is 20.0 Å². The number of imide groups is 1. The largest absolute Gasteiger partial charge is 0.329 e. The molecule has 10 heteroatoms. The quantitative estimate of drug-likeness (QED) is 0.389. The van der Waals surface area contributed by atoms with Crippen LogP contribution < -0.4 is 10.6 Å². The number of nitrogens with zero attached hydrogens (tertiary/aromatic N) is 3. The number of rotatable bonds is 6. The van der Waals surface area contributed by atoms with Crippen molar-refractivity contribution in [3.8, 4) is 0 Å². The lowest BCUT2D eigenvalue weighted by atomic mass is 10.2. The van der Waals surface area contributed by atoms with Crippen molar-refractivity contribution in [2.24, 2.45) is 0 Å². The highest BCUT2D eigenvalue weighted by Crippen LogP contribution is 2.29. The van der Waals surface area contributed by atoms with Crippen LogP contribution >= 0.6 is 22.9 Å². The number of urea groups is 1. The Hall–Kier alpha value is -3.69. The summed E-state index contributed by atoms with van der Waals surface area (Å²) >= 11 is 7.37. The van der Waals surface area contributed by atoms with Crippen LogP contribution in [0.4, 0.5) is 10.5 Å². The minimum Gasteiger partial charge on any atom is -0.329 e. The van der Waals surface area contributed by atoms with Gasteiger partial charge >= 0.3 is 6.03 Å². The molecule has 8 nitrogen and oxygen atoms in total. The topological polar surface area (TPSA) is 96.3 Å². The van der Waals surface area contributed by atoms with Gasteiger partial charge in [0.15, 0.2) is 0 Å². The van der Waals surface area contributed by atoms with Gasteiger partial charge in [-0.1, -0.05) is 35.9 Å². The molecular weight excluding hydrogens is 474 g/mol. The molecule has 0 atom stereocenters. The van der Waals surface area contributed by atoms with E-state index in [0.717, 1.165) is 27.0 Å². The molecule has 1 saturated heterocycles. The number of carbonyl (C=O) groups is 3. The monoisotopic (exact) mass is 493 g/mol.